The summed E-state index contributed by atoms with van der Waals surface area (Å²) < 4.78 is 40.8. The van der Waals surface area contributed by atoms with Crippen molar-refractivity contribution in [3.8, 4) is 22.5 Å². The maximum absolute atomic E-state index is 13.0. The molecule has 124 valence electrons. The fourth-order valence-electron chi connectivity index (χ4n) is 2.85. The Balaban J connectivity index is 1.86. The molecule has 5 heteroatoms. The van der Waals surface area contributed by atoms with Gasteiger partial charge in [-0.15, -0.1) is 0 Å². The third kappa shape index (κ3) is 2.89. The smallest absolute Gasteiger partial charge is 0.313 e. The standard InChI is InChI=1S/C20H13F3N2/c21-20(22,23)16-8-4-7-15(11-16)19-10-9-17-12-24-18(13-25(17)19)14-5-2-1-3-6-14/h1-13H. The Morgan fingerprint density at radius 2 is 1.56 bits per heavy atom. The highest BCUT2D eigenvalue weighted by atomic mass is 19.4. The molecule has 0 aliphatic rings. The number of hydrogen-bond acceptors (Lipinski definition) is 1. The van der Waals surface area contributed by atoms with Crippen LogP contribution in [0.4, 0.5) is 13.2 Å². The summed E-state index contributed by atoms with van der Waals surface area (Å²) in [5.74, 6) is 0. The number of aromatic nitrogens is 2. The molecule has 0 aliphatic heterocycles. The van der Waals surface area contributed by atoms with Crippen LogP contribution in [-0.4, -0.2) is 9.38 Å². The van der Waals surface area contributed by atoms with Crippen LogP contribution < -0.4 is 0 Å². The lowest BCUT2D eigenvalue weighted by molar-refractivity contribution is -0.137. The van der Waals surface area contributed by atoms with Crippen LogP contribution in [0.3, 0.4) is 0 Å². The van der Waals surface area contributed by atoms with Gasteiger partial charge in [-0.2, -0.15) is 13.2 Å². The van der Waals surface area contributed by atoms with Crippen molar-refractivity contribution in [2.24, 2.45) is 0 Å². The van der Waals surface area contributed by atoms with Gasteiger partial charge in [-0.25, -0.2) is 0 Å². The second kappa shape index (κ2) is 5.77. The van der Waals surface area contributed by atoms with E-state index in [4.69, 9.17) is 0 Å². The Hall–Kier alpha value is -3.08. The van der Waals surface area contributed by atoms with Gasteiger partial charge < -0.3 is 4.40 Å². The van der Waals surface area contributed by atoms with E-state index in [1.54, 1.807) is 18.3 Å². The van der Waals surface area contributed by atoms with E-state index in [0.717, 1.165) is 22.8 Å². The number of benzene rings is 2. The number of alkyl halides is 3. The van der Waals surface area contributed by atoms with Crippen LogP contribution >= 0.6 is 0 Å². The van der Waals surface area contributed by atoms with Gasteiger partial charge in [0, 0.05) is 11.8 Å². The summed E-state index contributed by atoms with van der Waals surface area (Å²) in [5.41, 5.74) is 3.09. The van der Waals surface area contributed by atoms with E-state index < -0.39 is 11.7 Å². The highest BCUT2D eigenvalue weighted by Crippen LogP contribution is 2.33. The van der Waals surface area contributed by atoms with Crippen LogP contribution in [0.5, 0.6) is 0 Å². The minimum atomic E-state index is -4.36. The second-order valence-electron chi connectivity index (χ2n) is 5.73. The molecule has 0 atom stereocenters. The number of fused-ring (bicyclic) bond motifs is 1. The fraction of sp³-hybridized carbons (Fsp3) is 0.0500. The SMILES string of the molecule is FC(F)(F)c1cccc(-c2ccc3cnc(-c4ccccc4)cn23)c1. The molecule has 0 amide bonds. The van der Waals surface area contributed by atoms with Gasteiger partial charge in [0.2, 0.25) is 0 Å². The lowest BCUT2D eigenvalue weighted by Gasteiger charge is -2.10. The number of nitrogens with zero attached hydrogens (tertiary/aromatic N) is 2. The third-order valence-electron chi connectivity index (χ3n) is 4.09. The largest absolute Gasteiger partial charge is 0.416 e. The van der Waals surface area contributed by atoms with Gasteiger partial charge in [-0.3, -0.25) is 4.98 Å². The molecule has 2 heterocycles. The molecule has 4 aromatic rings. The maximum atomic E-state index is 13.0. The Labute approximate surface area is 142 Å². The summed E-state index contributed by atoms with van der Waals surface area (Å²) in [6.07, 6.45) is -0.792. The molecular weight excluding hydrogens is 325 g/mol. The van der Waals surface area contributed by atoms with Gasteiger partial charge in [-0.1, -0.05) is 42.5 Å². The zero-order valence-electron chi connectivity index (χ0n) is 13.0. The van der Waals surface area contributed by atoms with E-state index in [-0.39, 0.29) is 0 Å². The van der Waals surface area contributed by atoms with Gasteiger partial charge in [0.15, 0.2) is 0 Å². The fourth-order valence-corrected chi connectivity index (χ4v) is 2.85. The molecule has 2 aromatic carbocycles. The Kier molecular flexibility index (Phi) is 3.57. The van der Waals surface area contributed by atoms with E-state index in [2.05, 4.69) is 4.98 Å². The third-order valence-corrected chi connectivity index (χ3v) is 4.09. The van der Waals surface area contributed by atoms with Crippen molar-refractivity contribution < 1.29 is 13.2 Å². The number of rotatable bonds is 2. The molecule has 0 aliphatic carbocycles. The summed E-state index contributed by atoms with van der Waals surface area (Å²) in [5, 5.41) is 0. The van der Waals surface area contributed by atoms with Crippen molar-refractivity contribution in [3.05, 3.63) is 84.7 Å². The zero-order chi connectivity index (χ0) is 17.4. The van der Waals surface area contributed by atoms with Crippen LogP contribution in [0.15, 0.2) is 79.1 Å². The van der Waals surface area contributed by atoms with Crippen molar-refractivity contribution in [2.45, 2.75) is 6.18 Å². The van der Waals surface area contributed by atoms with Crippen molar-refractivity contribution in [2.75, 3.05) is 0 Å². The molecular formula is C20H13F3N2. The van der Waals surface area contributed by atoms with E-state index in [1.165, 1.54) is 12.1 Å². The molecule has 0 bridgehead atoms. The quantitative estimate of drug-likeness (QED) is 0.459. The number of halogens is 3. The Bertz CT molecular complexity index is 1030. The minimum absolute atomic E-state index is 0.514. The van der Waals surface area contributed by atoms with Crippen LogP contribution in [0.2, 0.25) is 0 Å². The van der Waals surface area contributed by atoms with Crippen LogP contribution in [-0.2, 0) is 6.18 Å². The van der Waals surface area contributed by atoms with Crippen molar-refractivity contribution in [1.82, 2.24) is 9.38 Å². The van der Waals surface area contributed by atoms with E-state index >= 15 is 0 Å². The Morgan fingerprint density at radius 1 is 0.800 bits per heavy atom. The molecule has 0 radical (unpaired) electrons. The maximum Gasteiger partial charge on any atom is 0.416 e. The lowest BCUT2D eigenvalue weighted by Crippen LogP contribution is -2.04. The molecule has 0 unspecified atom stereocenters. The van der Waals surface area contributed by atoms with Crippen molar-refractivity contribution in [3.63, 3.8) is 0 Å². The highest BCUT2D eigenvalue weighted by Gasteiger charge is 2.30. The molecule has 4 rings (SSSR count). The topological polar surface area (TPSA) is 17.3 Å². The van der Waals surface area contributed by atoms with E-state index in [9.17, 15) is 13.2 Å². The summed E-state index contributed by atoms with van der Waals surface area (Å²) in [7, 11) is 0. The predicted octanol–water partition coefficient (Wildman–Crippen LogP) is 5.69. The first kappa shape index (κ1) is 15.4. The summed E-state index contributed by atoms with van der Waals surface area (Å²) in [6, 6.07) is 18.7. The zero-order valence-corrected chi connectivity index (χ0v) is 13.0. The first-order valence-electron chi connectivity index (χ1n) is 7.72. The van der Waals surface area contributed by atoms with Crippen LogP contribution in [0.25, 0.3) is 28.0 Å². The van der Waals surface area contributed by atoms with Gasteiger partial charge in [0.25, 0.3) is 0 Å². The molecule has 0 fully saturated rings. The van der Waals surface area contributed by atoms with Crippen molar-refractivity contribution in [1.29, 1.82) is 0 Å². The molecule has 0 N–H and O–H groups in total. The monoisotopic (exact) mass is 338 g/mol. The highest BCUT2D eigenvalue weighted by molar-refractivity contribution is 5.70. The van der Waals surface area contributed by atoms with Crippen LogP contribution in [0.1, 0.15) is 5.56 Å². The number of hydrogen-bond donors (Lipinski definition) is 0. The summed E-state index contributed by atoms with van der Waals surface area (Å²) >= 11 is 0. The summed E-state index contributed by atoms with van der Waals surface area (Å²) in [6.45, 7) is 0. The van der Waals surface area contributed by atoms with E-state index in [0.29, 0.717) is 11.3 Å². The molecule has 2 aromatic heterocycles. The summed E-state index contributed by atoms with van der Waals surface area (Å²) in [4.78, 5) is 4.44. The first-order chi connectivity index (χ1) is 12.0. The van der Waals surface area contributed by atoms with Gasteiger partial charge in [-0.05, 0) is 29.8 Å². The Morgan fingerprint density at radius 3 is 2.32 bits per heavy atom. The molecule has 0 spiro atoms. The minimum Gasteiger partial charge on any atom is -0.313 e. The van der Waals surface area contributed by atoms with Gasteiger partial charge in [0.05, 0.1) is 28.7 Å². The normalized spacial score (nSPS) is 11.8. The lowest BCUT2D eigenvalue weighted by atomic mass is 10.1. The van der Waals surface area contributed by atoms with Gasteiger partial charge in [0.1, 0.15) is 0 Å². The average molecular weight is 338 g/mol. The second-order valence-corrected chi connectivity index (χ2v) is 5.73. The molecule has 0 saturated carbocycles. The first-order valence-corrected chi connectivity index (χ1v) is 7.72. The molecule has 25 heavy (non-hydrogen) atoms. The van der Waals surface area contributed by atoms with Gasteiger partial charge >= 0.3 is 6.18 Å². The average Bonchev–Trinajstić information content (AvgIpc) is 3.05. The van der Waals surface area contributed by atoms with Crippen LogP contribution in [0, 0.1) is 0 Å². The van der Waals surface area contributed by atoms with E-state index in [1.807, 2.05) is 47.0 Å². The molecule has 2 nitrogen and oxygen atoms in total. The predicted molar refractivity (Wildman–Crippen MR) is 91.1 cm³/mol. The molecule has 0 saturated heterocycles. The van der Waals surface area contributed by atoms with Crippen molar-refractivity contribution >= 4 is 5.52 Å².